The molecule has 0 aromatic heterocycles. The van der Waals surface area contributed by atoms with Gasteiger partial charge in [-0.2, -0.15) is 0 Å². The third-order valence-electron chi connectivity index (χ3n) is 7.38. The quantitative estimate of drug-likeness (QED) is 0.336. The van der Waals surface area contributed by atoms with Crippen LogP contribution in [0.1, 0.15) is 48.8 Å². The fourth-order valence-corrected chi connectivity index (χ4v) is 6.58. The molecule has 0 unspecified atom stereocenters. The summed E-state index contributed by atoms with van der Waals surface area (Å²) in [6, 6.07) is 23.3. The van der Waals surface area contributed by atoms with Gasteiger partial charge in [-0.3, -0.25) is 14.4 Å². The van der Waals surface area contributed by atoms with E-state index in [0.29, 0.717) is 41.1 Å². The second kappa shape index (κ2) is 10.3. The van der Waals surface area contributed by atoms with Crippen LogP contribution in [0.25, 0.3) is 11.3 Å². The molecular weight excluding hydrogens is 496 g/mol. The third kappa shape index (κ3) is 5.33. The Bertz CT molecular complexity index is 1470. The molecule has 1 aliphatic carbocycles. The van der Waals surface area contributed by atoms with Crippen LogP contribution in [0.3, 0.4) is 0 Å². The number of sulfonamides is 1. The molecule has 38 heavy (non-hydrogen) atoms. The number of likely N-dealkylation sites (tertiary alicyclic amines) is 1. The van der Waals surface area contributed by atoms with Gasteiger partial charge in [0.2, 0.25) is 10.0 Å². The Hall–Kier alpha value is -3.62. The first kappa shape index (κ1) is 24.7. The van der Waals surface area contributed by atoms with Gasteiger partial charge in [0.05, 0.1) is 16.5 Å². The van der Waals surface area contributed by atoms with Gasteiger partial charge in [-0.15, -0.1) is 0 Å². The summed E-state index contributed by atoms with van der Waals surface area (Å²) in [6.45, 7) is 3.25. The number of hydrogen-bond donors (Lipinski definition) is 3. The predicted molar refractivity (Wildman–Crippen MR) is 153 cm³/mol. The highest BCUT2D eigenvalue weighted by molar-refractivity contribution is 7.93. The molecule has 2 fully saturated rings. The lowest BCUT2D eigenvalue weighted by Crippen LogP contribution is -2.29. The predicted octanol–water partition coefficient (Wildman–Crippen LogP) is 5.51. The molecule has 1 amide bonds. The highest BCUT2D eigenvalue weighted by Gasteiger charge is 2.36. The van der Waals surface area contributed by atoms with Gasteiger partial charge < -0.3 is 10.6 Å². The maximum Gasteiger partial charge on any atom is 0.258 e. The lowest BCUT2D eigenvalue weighted by atomic mass is 9.99. The Morgan fingerprint density at radius 3 is 2.32 bits per heavy atom. The van der Waals surface area contributed by atoms with Gasteiger partial charge in [-0.25, -0.2) is 8.42 Å². The van der Waals surface area contributed by atoms with Crippen molar-refractivity contribution in [1.82, 2.24) is 4.90 Å². The van der Waals surface area contributed by atoms with Crippen molar-refractivity contribution >= 4 is 44.3 Å². The first-order valence-electron chi connectivity index (χ1n) is 13.3. The van der Waals surface area contributed by atoms with Gasteiger partial charge in [0, 0.05) is 29.2 Å². The van der Waals surface area contributed by atoms with Gasteiger partial charge in [0.1, 0.15) is 0 Å². The summed E-state index contributed by atoms with van der Waals surface area (Å²) in [7, 11) is -3.41. The number of hydrogen-bond acceptors (Lipinski definition) is 5. The molecule has 0 bridgehead atoms. The lowest BCUT2D eigenvalue weighted by Gasteiger charge is -2.26. The van der Waals surface area contributed by atoms with E-state index in [1.807, 2.05) is 30.3 Å². The maximum absolute atomic E-state index is 13.3. The fraction of sp³-hybridized carbons (Fsp3) is 0.300. The second-order valence-corrected chi connectivity index (χ2v) is 12.3. The van der Waals surface area contributed by atoms with Gasteiger partial charge in [0.15, 0.2) is 0 Å². The molecule has 0 spiro atoms. The van der Waals surface area contributed by atoms with Crippen molar-refractivity contribution in [3.8, 4) is 0 Å². The summed E-state index contributed by atoms with van der Waals surface area (Å²) in [5, 5.41) is 6.12. The topological polar surface area (TPSA) is 90.5 Å². The minimum atomic E-state index is -3.41. The van der Waals surface area contributed by atoms with E-state index >= 15 is 0 Å². The maximum atomic E-state index is 13.3. The largest absolute Gasteiger partial charge is 0.354 e. The summed E-state index contributed by atoms with van der Waals surface area (Å²) in [5.41, 5.74) is 5.95. The van der Waals surface area contributed by atoms with Crippen LogP contribution in [-0.4, -0.2) is 37.6 Å². The van der Waals surface area contributed by atoms with Crippen LogP contribution in [0.2, 0.25) is 0 Å². The molecule has 8 heteroatoms. The molecule has 3 aromatic rings. The first-order chi connectivity index (χ1) is 18.5. The average molecular weight is 529 g/mol. The number of rotatable bonds is 8. The summed E-state index contributed by atoms with van der Waals surface area (Å²) in [5.74, 6) is -0.227. The van der Waals surface area contributed by atoms with Crippen LogP contribution in [0.5, 0.6) is 0 Å². The molecule has 3 N–H and O–H groups in total. The number of benzene rings is 3. The van der Waals surface area contributed by atoms with Gasteiger partial charge in [0.25, 0.3) is 5.91 Å². The minimum Gasteiger partial charge on any atom is -0.354 e. The number of piperidine rings is 1. The second-order valence-electron chi connectivity index (χ2n) is 10.3. The van der Waals surface area contributed by atoms with E-state index in [1.54, 1.807) is 18.2 Å². The molecular formula is C30H32N4O3S. The number of fused-ring (bicyclic) bond motifs is 1. The molecule has 6 rings (SSSR count). The van der Waals surface area contributed by atoms with E-state index in [2.05, 4.69) is 44.5 Å². The summed E-state index contributed by atoms with van der Waals surface area (Å²) in [6.07, 6.45) is 5.22. The Labute approximate surface area is 224 Å². The molecule has 1 saturated carbocycles. The summed E-state index contributed by atoms with van der Waals surface area (Å²) < 4.78 is 27.8. The molecule has 3 aromatic carbocycles. The fourth-order valence-electron chi connectivity index (χ4n) is 5.20. The lowest BCUT2D eigenvalue weighted by molar-refractivity contribution is -0.110. The van der Waals surface area contributed by atoms with Crippen LogP contribution in [0.4, 0.5) is 17.1 Å². The molecule has 3 aliphatic rings. The van der Waals surface area contributed by atoms with Crippen LogP contribution >= 0.6 is 0 Å². The van der Waals surface area contributed by atoms with E-state index in [1.165, 1.54) is 24.8 Å². The van der Waals surface area contributed by atoms with Crippen LogP contribution < -0.4 is 15.4 Å². The Morgan fingerprint density at radius 2 is 1.61 bits per heavy atom. The summed E-state index contributed by atoms with van der Waals surface area (Å²) in [4.78, 5) is 15.8. The van der Waals surface area contributed by atoms with Crippen molar-refractivity contribution in [1.29, 1.82) is 0 Å². The van der Waals surface area contributed by atoms with Crippen molar-refractivity contribution in [2.24, 2.45) is 0 Å². The molecule has 1 saturated heterocycles. The number of amides is 1. The Kier molecular flexibility index (Phi) is 6.68. The number of anilines is 3. The minimum absolute atomic E-state index is 0.227. The Balaban J connectivity index is 1.33. The standard InChI is InChI=1S/C30H32N4O3S/c35-30-28(26-19-24(13-16-27(26)32-30)33-38(36,37)25-14-15-25)29(22-7-3-1-4-8-22)31-23-11-9-21(10-12-23)20-34-17-5-2-6-18-34/h1,3-4,7-13,16,19,25,31,33H,2,5-6,14-15,17-18,20H2,(H,32,35). The zero-order chi connectivity index (χ0) is 26.1. The van der Waals surface area contributed by atoms with E-state index in [-0.39, 0.29) is 11.2 Å². The van der Waals surface area contributed by atoms with E-state index in [4.69, 9.17) is 0 Å². The van der Waals surface area contributed by atoms with E-state index < -0.39 is 10.0 Å². The van der Waals surface area contributed by atoms with E-state index in [0.717, 1.165) is 30.9 Å². The highest BCUT2D eigenvalue weighted by atomic mass is 32.2. The average Bonchev–Trinajstić information content (AvgIpc) is 3.74. The van der Waals surface area contributed by atoms with Crippen molar-refractivity contribution in [2.45, 2.75) is 43.9 Å². The summed E-state index contributed by atoms with van der Waals surface area (Å²) >= 11 is 0. The van der Waals surface area contributed by atoms with Crippen LogP contribution in [0, 0.1) is 0 Å². The normalized spacial score (nSPS) is 19.0. The zero-order valence-corrected chi connectivity index (χ0v) is 22.1. The number of nitrogens with zero attached hydrogens (tertiary/aromatic N) is 1. The third-order valence-corrected chi connectivity index (χ3v) is 9.25. The van der Waals surface area contributed by atoms with Crippen LogP contribution in [-0.2, 0) is 21.4 Å². The number of carbonyl (C=O) groups excluding carboxylic acids is 1. The molecule has 7 nitrogen and oxygen atoms in total. The number of nitrogens with one attached hydrogen (secondary N) is 3. The highest BCUT2D eigenvalue weighted by Crippen LogP contribution is 2.40. The molecule has 0 atom stereocenters. The smallest absolute Gasteiger partial charge is 0.258 e. The first-order valence-corrected chi connectivity index (χ1v) is 14.9. The molecule has 0 radical (unpaired) electrons. The SMILES string of the molecule is O=C1Nc2ccc(NS(=O)(=O)C3CC3)cc2C1=C(Nc1ccc(CN2CCCCC2)cc1)c1ccccc1. The van der Waals surface area contributed by atoms with Gasteiger partial charge in [-0.05, 0) is 80.2 Å². The molecule has 2 heterocycles. The molecule has 196 valence electrons. The van der Waals surface area contributed by atoms with Crippen molar-refractivity contribution < 1.29 is 13.2 Å². The monoisotopic (exact) mass is 528 g/mol. The van der Waals surface area contributed by atoms with Gasteiger partial charge in [-0.1, -0.05) is 48.9 Å². The Morgan fingerprint density at radius 1 is 0.895 bits per heavy atom. The number of carbonyl (C=O) groups is 1. The van der Waals surface area contributed by atoms with Crippen LogP contribution in [0.15, 0.2) is 72.8 Å². The molecule has 2 aliphatic heterocycles. The zero-order valence-electron chi connectivity index (χ0n) is 21.2. The van der Waals surface area contributed by atoms with Crippen molar-refractivity contribution in [2.75, 3.05) is 28.4 Å². The van der Waals surface area contributed by atoms with E-state index in [9.17, 15) is 13.2 Å². The van der Waals surface area contributed by atoms with Gasteiger partial charge >= 0.3 is 0 Å². The van der Waals surface area contributed by atoms with Crippen molar-refractivity contribution in [3.63, 3.8) is 0 Å². The van der Waals surface area contributed by atoms with Crippen molar-refractivity contribution in [3.05, 3.63) is 89.5 Å².